The van der Waals surface area contributed by atoms with Crippen LogP contribution in [-0.2, 0) is 9.59 Å². The number of carboxylic acid groups (broad SMARTS) is 1. The fourth-order valence-corrected chi connectivity index (χ4v) is 1.58. The molecule has 0 heterocycles. The monoisotopic (exact) mass is 297 g/mol. The van der Waals surface area contributed by atoms with E-state index in [9.17, 15) is 18.8 Å². The fourth-order valence-electron chi connectivity index (χ4n) is 1.58. The van der Waals surface area contributed by atoms with Gasteiger partial charge in [-0.3, -0.25) is 14.5 Å². The van der Waals surface area contributed by atoms with Gasteiger partial charge in [0.2, 0.25) is 5.91 Å². The average molecular weight is 297 g/mol. The van der Waals surface area contributed by atoms with Gasteiger partial charge in [-0.2, -0.15) is 0 Å². The first-order valence-corrected chi connectivity index (χ1v) is 6.23. The summed E-state index contributed by atoms with van der Waals surface area (Å²) in [5, 5.41) is 12.8. The van der Waals surface area contributed by atoms with E-state index in [2.05, 4.69) is 10.6 Å². The number of carbonyl (C=O) groups is 3. The zero-order valence-electron chi connectivity index (χ0n) is 11.4. The maximum absolute atomic E-state index is 13.1. The molecule has 0 spiro atoms. The van der Waals surface area contributed by atoms with Crippen LogP contribution in [0.2, 0.25) is 0 Å². The standard InChI is InChI=1S/C13H16FN3O4/c1-2-17(10-5-3-4-9(14)6-10)13(21)16-7-11(18)15-8-12(19)20/h3-6H,2,7-8H2,1H3,(H,15,18)(H,16,21)(H,19,20). The highest BCUT2D eigenvalue weighted by atomic mass is 19.1. The number of hydrogen-bond donors (Lipinski definition) is 3. The number of hydrogen-bond acceptors (Lipinski definition) is 3. The van der Waals surface area contributed by atoms with Crippen LogP contribution in [0.15, 0.2) is 24.3 Å². The van der Waals surface area contributed by atoms with Gasteiger partial charge in [-0.1, -0.05) is 6.07 Å². The van der Waals surface area contributed by atoms with Crippen molar-refractivity contribution in [2.75, 3.05) is 24.5 Å². The molecule has 0 bridgehead atoms. The number of benzene rings is 1. The first-order chi connectivity index (χ1) is 9.93. The van der Waals surface area contributed by atoms with Gasteiger partial charge in [0.05, 0.1) is 6.54 Å². The summed E-state index contributed by atoms with van der Waals surface area (Å²) < 4.78 is 13.1. The molecular formula is C13H16FN3O4. The van der Waals surface area contributed by atoms with E-state index in [4.69, 9.17) is 5.11 Å². The van der Waals surface area contributed by atoms with Crippen LogP contribution in [0.5, 0.6) is 0 Å². The van der Waals surface area contributed by atoms with Crippen LogP contribution in [0.1, 0.15) is 6.92 Å². The fraction of sp³-hybridized carbons (Fsp3) is 0.308. The second-order valence-electron chi connectivity index (χ2n) is 4.05. The quantitative estimate of drug-likeness (QED) is 0.714. The van der Waals surface area contributed by atoms with Crippen LogP contribution in [0.4, 0.5) is 14.9 Å². The highest BCUT2D eigenvalue weighted by Gasteiger charge is 2.15. The lowest BCUT2D eigenvalue weighted by Gasteiger charge is -2.21. The van der Waals surface area contributed by atoms with Crippen LogP contribution in [0.3, 0.4) is 0 Å². The molecule has 3 N–H and O–H groups in total. The molecule has 0 aliphatic carbocycles. The molecule has 1 aromatic carbocycles. The summed E-state index contributed by atoms with van der Waals surface area (Å²) in [6.07, 6.45) is 0. The minimum Gasteiger partial charge on any atom is -0.480 e. The number of amides is 3. The zero-order chi connectivity index (χ0) is 15.8. The molecule has 1 rings (SSSR count). The molecule has 0 saturated carbocycles. The van der Waals surface area contributed by atoms with Crippen molar-refractivity contribution in [2.45, 2.75) is 6.92 Å². The SMILES string of the molecule is CCN(C(=O)NCC(=O)NCC(=O)O)c1cccc(F)c1. The Hall–Kier alpha value is -2.64. The molecule has 0 atom stereocenters. The lowest BCUT2D eigenvalue weighted by molar-refractivity contribution is -0.137. The molecule has 0 aromatic heterocycles. The third-order valence-electron chi connectivity index (χ3n) is 2.52. The summed E-state index contributed by atoms with van der Waals surface area (Å²) in [6, 6.07) is 4.92. The van der Waals surface area contributed by atoms with Gasteiger partial charge in [0.15, 0.2) is 0 Å². The maximum Gasteiger partial charge on any atom is 0.322 e. The topological polar surface area (TPSA) is 98.7 Å². The molecule has 21 heavy (non-hydrogen) atoms. The molecule has 0 aliphatic heterocycles. The molecular weight excluding hydrogens is 281 g/mol. The van der Waals surface area contributed by atoms with Crippen LogP contribution >= 0.6 is 0 Å². The Bertz CT molecular complexity index is 536. The number of nitrogens with one attached hydrogen (secondary N) is 2. The largest absolute Gasteiger partial charge is 0.480 e. The number of aliphatic carboxylic acids is 1. The Balaban J connectivity index is 2.56. The van der Waals surface area contributed by atoms with Gasteiger partial charge in [0.25, 0.3) is 0 Å². The second kappa shape index (κ2) is 7.83. The summed E-state index contributed by atoms with van der Waals surface area (Å²) in [4.78, 5) is 34.7. The van der Waals surface area contributed by atoms with Gasteiger partial charge in [0.1, 0.15) is 12.4 Å². The lowest BCUT2D eigenvalue weighted by atomic mass is 10.3. The highest BCUT2D eigenvalue weighted by molar-refractivity contribution is 5.94. The van der Waals surface area contributed by atoms with Crippen molar-refractivity contribution in [3.05, 3.63) is 30.1 Å². The smallest absolute Gasteiger partial charge is 0.322 e. The van der Waals surface area contributed by atoms with Crippen molar-refractivity contribution in [1.29, 1.82) is 0 Å². The van der Waals surface area contributed by atoms with E-state index in [-0.39, 0.29) is 13.1 Å². The minimum absolute atomic E-state index is 0.284. The molecule has 0 fully saturated rings. The number of carboxylic acids is 1. The molecule has 0 aliphatic rings. The second-order valence-corrected chi connectivity index (χ2v) is 4.05. The molecule has 114 valence electrons. The van der Waals surface area contributed by atoms with E-state index in [0.29, 0.717) is 5.69 Å². The Morgan fingerprint density at radius 1 is 1.24 bits per heavy atom. The van der Waals surface area contributed by atoms with E-state index in [1.54, 1.807) is 13.0 Å². The van der Waals surface area contributed by atoms with E-state index >= 15 is 0 Å². The number of rotatable bonds is 6. The Morgan fingerprint density at radius 3 is 2.52 bits per heavy atom. The van der Waals surface area contributed by atoms with E-state index in [1.165, 1.54) is 23.1 Å². The van der Waals surface area contributed by atoms with Crippen molar-refractivity contribution in [3.8, 4) is 0 Å². The van der Waals surface area contributed by atoms with Crippen LogP contribution in [0.25, 0.3) is 0 Å². The molecule has 7 nitrogen and oxygen atoms in total. The van der Waals surface area contributed by atoms with Gasteiger partial charge in [-0.15, -0.1) is 0 Å². The Morgan fingerprint density at radius 2 is 1.95 bits per heavy atom. The molecule has 0 saturated heterocycles. The number of carbonyl (C=O) groups excluding carboxylic acids is 2. The number of nitrogens with zero attached hydrogens (tertiary/aromatic N) is 1. The van der Waals surface area contributed by atoms with Crippen LogP contribution in [0, 0.1) is 5.82 Å². The lowest BCUT2D eigenvalue weighted by Crippen LogP contribution is -2.45. The van der Waals surface area contributed by atoms with Gasteiger partial charge in [0, 0.05) is 12.2 Å². The molecule has 3 amide bonds. The Kier molecular flexibility index (Phi) is 6.12. The van der Waals surface area contributed by atoms with Crippen LogP contribution < -0.4 is 15.5 Å². The first-order valence-electron chi connectivity index (χ1n) is 6.23. The van der Waals surface area contributed by atoms with E-state index in [0.717, 1.165) is 0 Å². The summed E-state index contributed by atoms with van der Waals surface area (Å²) in [5.41, 5.74) is 0.362. The summed E-state index contributed by atoms with van der Waals surface area (Å²) in [5.74, 6) is -2.27. The highest BCUT2D eigenvalue weighted by Crippen LogP contribution is 2.15. The minimum atomic E-state index is -1.18. The van der Waals surface area contributed by atoms with Crippen molar-refractivity contribution >= 4 is 23.6 Å². The first kappa shape index (κ1) is 16.4. The van der Waals surface area contributed by atoms with Crippen molar-refractivity contribution in [3.63, 3.8) is 0 Å². The average Bonchev–Trinajstić information content (AvgIpc) is 2.43. The number of anilines is 1. The van der Waals surface area contributed by atoms with Crippen LogP contribution in [-0.4, -0.2) is 42.6 Å². The van der Waals surface area contributed by atoms with Gasteiger partial charge >= 0.3 is 12.0 Å². The summed E-state index contributed by atoms with van der Waals surface area (Å²) in [6.45, 7) is 1.11. The van der Waals surface area contributed by atoms with E-state index in [1.807, 2.05) is 0 Å². The van der Waals surface area contributed by atoms with Gasteiger partial charge < -0.3 is 15.7 Å². The third-order valence-corrected chi connectivity index (χ3v) is 2.52. The summed E-state index contributed by atoms with van der Waals surface area (Å²) >= 11 is 0. The third kappa shape index (κ3) is 5.47. The molecule has 0 unspecified atom stereocenters. The summed E-state index contributed by atoms with van der Waals surface area (Å²) in [7, 11) is 0. The van der Waals surface area contributed by atoms with E-state index < -0.39 is 30.3 Å². The Labute approximate surface area is 120 Å². The number of urea groups is 1. The predicted octanol–water partition coefficient (Wildman–Crippen LogP) is 0.562. The molecule has 8 heteroatoms. The molecule has 1 aromatic rings. The zero-order valence-corrected chi connectivity index (χ0v) is 11.4. The van der Waals surface area contributed by atoms with Gasteiger partial charge in [-0.05, 0) is 25.1 Å². The predicted molar refractivity (Wildman–Crippen MR) is 73.5 cm³/mol. The molecule has 0 radical (unpaired) electrons. The van der Waals surface area contributed by atoms with Gasteiger partial charge in [-0.25, -0.2) is 9.18 Å². The normalized spacial score (nSPS) is 9.81. The van der Waals surface area contributed by atoms with Crippen molar-refractivity contribution < 1.29 is 23.9 Å². The maximum atomic E-state index is 13.1. The van der Waals surface area contributed by atoms with Crippen molar-refractivity contribution in [1.82, 2.24) is 10.6 Å². The number of halogens is 1. The van der Waals surface area contributed by atoms with Crippen molar-refractivity contribution in [2.24, 2.45) is 0 Å².